The number of hydrogen-bond acceptors (Lipinski definition) is 4. The smallest absolute Gasteiger partial charge is 0.319 e. The number of hydrogen-bond donors (Lipinski definition) is 2. The van der Waals surface area contributed by atoms with Crippen LogP contribution in [0.5, 0.6) is 5.75 Å². The van der Waals surface area contributed by atoms with Gasteiger partial charge in [-0.25, -0.2) is 9.78 Å². The first-order valence-electron chi connectivity index (χ1n) is 7.68. The molecule has 1 aromatic carbocycles. The zero-order valence-electron chi connectivity index (χ0n) is 13.6. The molecule has 0 spiro atoms. The van der Waals surface area contributed by atoms with E-state index in [0.29, 0.717) is 12.5 Å². The first kappa shape index (κ1) is 15.4. The van der Waals surface area contributed by atoms with Crippen LogP contribution in [0.15, 0.2) is 28.9 Å². The Morgan fingerprint density at radius 1 is 1.35 bits per heavy atom. The second-order valence-corrected chi connectivity index (χ2v) is 6.56. The van der Waals surface area contributed by atoms with E-state index in [0.717, 1.165) is 29.1 Å². The molecular formula is C17H21N3O3. The molecule has 0 aliphatic carbocycles. The Hall–Kier alpha value is -2.50. The lowest BCUT2D eigenvalue weighted by Gasteiger charge is -2.13. The minimum absolute atomic E-state index is 0.0748. The topological polar surface area (TPSA) is 76.4 Å². The van der Waals surface area contributed by atoms with E-state index in [1.54, 1.807) is 6.26 Å². The highest BCUT2D eigenvalue weighted by Crippen LogP contribution is 2.31. The molecule has 23 heavy (non-hydrogen) atoms. The molecule has 0 unspecified atom stereocenters. The third-order valence-corrected chi connectivity index (χ3v) is 3.71. The van der Waals surface area contributed by atoms with Gasteiger partial charge in [-0.2, -0.15) is 0 Å². The molecule has 0 atom stereocenters. The molecule has 122 valence electrons. The molecule has 2 aromatic rings. The summed E-state index contributed by atoms with van der Waals surface area (Å²) in [6.07, 6.45) is 2.44. The van der Waals surface area contributed by atoms with Crippen molar-refractivity contribution in [3.05, 3.63) is 41.6 Å². The van der Waals surface area contributed by atoms with Gasteiger partial charge in [0, 0.05) is 23.1 Å². The summed E-state index contributed by atoms with van der Waals surface area (Å²) in [4.78, 5) is 16.4. The second-order valence-electron chi connectivity index (χ2n) is 6.56. The number of benzene rings is 1. The zero-order valence-corrected chi connectivity index (χ0v) is 13.6. The van der Waals surface area contributed by atoms with Gasteiger partial charge in [0.25, 0.3) is 0 Å². The molecular weight excluding hydrogens is 294 g/mol. The van der Waals surface area contributed by atoms with Crippen LogP contribution in [-0.2, 0) is 18.4 Å². The van der Waals surface area contributed by atoms with Crippen molar-refractivity contribution in [2.75, 3.05) is 11.9 Å². The normalized spacial score (nSPS) is 13.3. The summed E-state index contributed by atoms with van der Waals surface area (Å²) in [7, 11) is 0. The molecule has 1 aromatic heterocycles. The van der Waals surface area contributed by atoms with Crippen LogP contribution in [0.25, 0.3) is 0 Å². The Labute approximate surface area is 135 Å². The van der Waals surface area contributed by atoms with Crippen molar-refractivity contribution in [1.29, 1.82) is 0 Å². The van der Waals surface area contributed by atoms with E-state index in [1.807, 2.05) is 18.2 Å². The van der Waals surface area contributed by atoms with Gasteiger partial charge in [-0.15, -0.1) is 0 Å². The number of nitrogens with one attached hydrogen (secondary N) is 2. The molecule has 6 nitrogen and oxygen atoms in total. The van der Waals surface area contributed by atoms with Gasteiger partial charge in [-0.3, -0.25) is 0 Å². The number of fused-ring (bicyclic) bond motifs is 1. The van der Waals surface area contributed by atoms with E-state index in [1.165, 1.54) is 0 Å². The number of amides is 2. The standard InChI is InChI=1S/C17H21N3O3/c1-17(2,3)14-10-23-15(20-14)9-18-16(21)19-12-5-4-6-13-11(12)7-8-22-13/h4-6,10H,7-9H2,1-3H3,(H2,18,19,21). The van der Waals surface area contributed by atoms with Crippen molar-refractivity contribution in [3.8, 4) is 5.75 Å². The number of anilines is 1. The number of aromatic nitrogens is 1. The van der Waals surface area contributed by atoms with Gasteiger partial charge in [-0.05, 0) is 12.1 Å². The molecule has 0 radical (unpaired) electrons. The predicted octanol–water partition coefficient (Wildman–Crippen LogP) is 3.23. The van der Waals surface area contributed by atoms with Crippen LogP contribution in [0.3, 0.4) is 0 Å². The summed E-state index contributed by atoms with van der Waals surface area (Å²) in [5.41, 5.74) is 2.61. The lowest BCUT2D eigenvalue weighted by molar-refractivity contribution is 0.250. The summed E-state index contributed by atoms with van der Waals surface area (Å²) >= 11 is 0. The maximum absolute atomic E-state index is 12.1. The average Bonchev–Trinajstić information content (AvgIpc) is 3.14. The molecule has 6 heteroatoms. The lowest BCUT2D eigenvalue weighted by atomic mass is 9.93. The quantitative estimate of drug-likeness (QED) is 0.911. The number of rotatable bonds is 3. The number of oxazole rings is 1. The molecule has 3 rings (SSSR count). The van der Waals surface area contributed by atoms with Crippen LogP contribution >= 0.6 is 0 Å². The summed E-state index contributed by atoms with van der Waals surface area (Å²) in [6.45, 7) is 7.08. The fraction of sp³-hybridized carbons (Fsp3) is 0.412. The summed E-state index contributed by atoms with van der Waals surface area (Å²) < 4.78 is 10.9. The van der Waals surface area contributed by atoms with Gasteiger partial charge in [0.05, 0.1) is 18.8 Å². The van der Waals surface area contributed by atoms with Crippen molar-refractivity contribution in [2.45, 2.75) is 39.2 Å². The summed E-state index contributed by atoms with van der Waals surface area (Å²) in [6, 6.07) is 5.35. The Kier molecular flexibility index (Phi) is 3.98. The van der Waals surface area contributed by atoms with Crippen molar-refractivity contribution in [3.63, 3.8) is 0 Å². The van der Waals surface area contributed by atoms with E-state index < -0.39 is 0 Å². The minimum atomic E-state index is -0.291. The monoisotopic (exact) mass is 315 g/mol. The van der Waals surface area contributed by atoms with Crippen LogP contribution in [0.1, 0.15) is 37.9 Å². The fourth-order valence-corrected chi connectivity index (χ4v) is 2.40. The van der Waals surface area contributed by atoms with Gasteiger partial charge in [0.15, 0.2) is 0 Å². The molecule has 2 heterocycles. The zero-order chi connectivity index (χ0) is 16.4. The molecule has 0 bridgehead atoms. The van der Waals surface area contributed by atoms with Crippen molar-refractivity contribution in [1.82, 2.24) is 10.3 Å². The highest BCUT2D eigenvalue weighted by atomic mass is 16.5. The molecule has 0 saturated heterocycles. The van der Waals surface area contributed by atoms with Gasteiger partial charge in [0.1, 0.15) is 12.0 Å². The Morgan fingerprint density at radius 3 is 2.91 bits per heavy atom. The first-order valence-corrected chi connectivity index (χ1v) is 7.68. The highest BCUT2D eigenvalue weighted by molar-refractivity contribution is 5.90. The van der Waals surface area contributed by atoms with Gasteiger partial charge < -0.3 is 19.8 Å². The Bertz CT molecular complexity index is 716. The summed E-state index contributed by atoms with van der Waals surface area (Å²) in [5.74, 6) is 1.33. The molecule has 2 N–H and O–H groups in total. The minimum Gasteiger partial charge on any atom is -0.493 e. The number of urea groups is 1. The van der Waals surface area contributed by atoms with Crippen molar-refractivity contribution < 1.29 is 13.9 Å². The Morgan fingerprint density at radius 2 is 2.17 bits per heavy atom. The third-order valence-electron chi connectivity index (χ3n) is 3.71. The van der Waals surface area contributed by atoms with E-state index >= 15 is 0 Å². The number of ether oxygens (including phenoxy) is 1. The van der Waals surface area contributed by atoms with Crippen LogP contribution in [0.2, 0.25) is 0 Å². The van der Waals surface area contributed by atoms with Crippen LogP contribution in [0.4, 0.5) is 10.5 Å². The molecule has 1 aliphatic heterocycles. The van der Waals surface area contributed by atoms with Crippen molar-refractivity contribution >= 4 is 11.7 Å². The summed E-state index contributed by atoms with van der Waals surface area (Å²) in [5, 5.41) is 5.61. The molecule has 0 fully saturated rings. The molecule has 1 aliphatic rings. The maximum atomic E-state index is 12.1. The van der Waals surface area contributed by atoms with E-state index in [4.69, 9.17) is 9.15 Å². The second kappa shape index (κ2) is 5.95. The van der Waals surface area contributed by atoms with Crippen molar-refractivity contribution in [2.24, 2.45) is 0 Å². The number of carbonyl (C=O) groups excluding carboxylic acids is 1. The maximum Gasteiger partial charge on any atom is 0.319 e. The highest BCUT2D eigenvalue weighted by Gasteiger charge is 2.19. The van der Waals surface area contributed by atoms with E-state index in [9.17, 15) is 4.79 Å². The average molecular weight is 315 g/mol. The largest absolute Gasteiger partial charge is 0.493 e. The Balaban J connectivity index is 1.58. The number of carbonyl (C=O) groups is 1. The van der Waals surface area contributed by atoms with E-state index in [-0.39, 0.29) is 18.0 Å². The lowest BCUT2D eigenvalue weighted by Crippen LogP contribution is -2.28. The van der Waals surface area contributed by atoms with Gasteiger partial charge >= 0.3 is 6.03 Å². The van der Waals surface area contributed by atoms with Crippen LogP contribution in [0, 0.1) is 0 Å². The third kappa shape index (κ3) is 3.47. The molecule has 2 amide bonds. The molecule has 0 saturated carbocycles. The first-order chi connectivity index (χ1) is 10.9. The predicted molar refractivity (Wildman–Crippen MR) is 86.7 cm³/mol. The van der Waals surface area contributed by atoms with Crippen LogP contribution in [-0.4, -0.2) is 17.6 Å². The SMILES string of the molecule is CC(C)(C)c1coc(CNC(=O)Nc2cccc3c2CCO3)n1. The van der Waals surface area contributed by atoms with Gasteiger partial charge in [-0.1, -0.05) is 26.8 Å². The number of nitrogens with zero attached hydrogens (tertiary/aromatic N) is 1. The fourth-order valence-electron chi connectivity index (χ4n) is 2.40. The van der Waals surface area contributed by atoms with Gasteiger partial charge in [0.2, 0.25) is 5.89 Å². The van der Waals surface area contributed by atoms with Crippen LogP contribution < -0.4 is 15.4 Å². The van der Waals surface area contributed by atoms with E-state index in [2.05, 4.69) is 36.4 Å².